The average molecular weight is 228 g/mol. The van der Waals surface area contributed by atoms with E-state index in [1.165, 1.54) is 0 Å². The van der Waals surface area contributed by atoms with Crippen LogP contribution in [-0.2, 0) is 9.53 Å². The van der Waals surface area contributed by atoms with Crippen LogP contribution in [0.1, 0.15) is 33.6 Å². The Morgan fingerprint density at radius 2 is 2.25 bits per heavy atom. The topological polar surface area (TPSA) is 41.6 Å². The fourth-order valence-corrected chi connectivity index (χ4v) is 2.18. The van der Waals surface area contributed by atoms with Crippen LogP contribution in [0.25, 0.3) is 0 Å². The minimum atomic E-state index is -0.0566. The Hall–Kier alpha value is -0.610. The van der Waals surface area contributed by atoms with Crippen molar-refractivity contribution in [2.45, 2.75) is 51.8 Å². The molecule has 0 aromatic carbocycles. The molecule has 0 spiro atoms. The van der Waals surface area contributed by atoms with E-state index in [9.17, 15) is 4.79 Å². The third-order valence-corrected chi connectivity index (χ3v) is 3.47. The van der Waals surface area contributed by atoms with Crippen LogP contribution in [0.3, 0.4) is 0 Å². The Balaban J connectivity index is 2.55. The number of methoxy groups -OCH3 is 1. The molecular weight excluding hydrogens is 204 g/mol. The van der Waals surface area contributed by atoms with Gasteiger partial charge in [0, 0.05) is 26.2 Å². The fourth-order valence-electron chi connectivity index (χ4n) is 2.18. The molecule has 0 aromatic heterocycles. The molecule has 1 saturated heterocycles. The van der Waals surface area contributed by atoms with Crippen molar-refractivity contribution in [3.63, 3.8) is 0 Å². The van der Waals surface area contributed by atoms with Crippen LogP contribution < -0.4 is 5.32 Å². The lowest BCUT2D eigenvalue weighted by molar-refractivity contribution is -0.135. The third-order valence-electron chi connectivity index (χ3n) is 3.47. The maximum atomic E-state index is 12.2. The molecule has 1 N–H and O–H groups in total. The molecule has 0 saturated carbocycles. The van der Waals surface area contributed by atoms with Crippen molar-refractivity contribution in [1.82, 2.24) is 10.2 Å². The van der Waals surface area contributed by atoms with Gasteiger partial charge in [0.15, 0.2) is 0 Å². The molecule has 1 aliphatic heterocycles. The molecule has 1 fully saturated rings. The molecule has 94 valence electrons. The minimum Gasteiger partial charge on any atom is -0.380 e. The van der Waals surface area contributed by atoms with Gasteiger partial charge in [-0.1, -0.05) is 6.92 Å². The number of nitrogens with zero attached hydrogens (tertiary/aromatic N) is 1. The number of nitrogens with one attached hydrogen (secondary N) is 1. The molecule has 16 heavy (non-hydrogen) atoms. The maximum absolute atomic E-state index is 12.2. The number of likely N-dealkylation sites (N-methyl/N-ethyl adjacent to an activating group) is 1. The summed E-state index contributed by atoms with van der Waals surface area (Å²) in [6.07, 6.45) is 1.98. The molecule has 4 heteroatoms. The summed E-state index contributed by atoms with van der Waals surface area (Å²) in [7, 11) is 1.70. The van der Waals surface area contributed by atoms with E-state index in [0.717, 1.165) is 25.9 Å². The zero-order valence-electron chi connectivity index (χ0n) is 10.8. The Morgan fingerprint density at radius 3 is 2.69 bits per heavy atom. The SMILES string of the molecule is CCC(C)N(CC)C(=O)C1CC(OC)CN1. The smallest absolute Gasteiger partial charge is 0.240 e. The summed E-state index contributed by atoms with van der Waals surface area (Å²) in [5, 5.41) is 3.23. The molecule has 0 aliphatic carbocycles. The number of carbonyl (C=O) groups is 1. The van der Waals surface area contributed by atoms with Gasteiger partial charge in [0.25, 0.3) is 0 Å². The van der Waals surface area contributed by atoms with E-state index in [4.69, 9.17) is 4.74 Å². The van der Waals surface area contributed by atoms with Gasteiger partial charge in [-0.3, -0.25) is 4.79 Å². The summed E-state index contributed by atoms with van der Waals surface area (Å²) in [4.78, 5) is 14.2. The Labute approximate surface area is 98.3 Å². The van der Waals surface area contributed by atoms with Crippen LogP contribution in [0.4, 0.5) is 0 Å². The molecule has 0 radical (unpaired) electrons. The van der Waals surface area contributed by atoms with Gasteiger partial charge in [-0.05, 0) is 26.7 Å². The van der Waals surface area contributed by atoms with Crippen LogP contribution in [0.15, 0.2) is 0 Å². The van der Waals surface area contributed by atoms with Crippen molar-refractivity contribution in [2.24, 2.45) is 0 Å². The molecule has 1 heterocycles. The summed E-state index contributed by atoms with van der Waals surface area (Å²) in [5.74, 6) is 0.219. The first-order chi connectivity index (χ1) is 7.63. The van der Waals surface area contributed by atoms with Crippen molar-refractivity contribution in [3.8, 4) is 0 Å². The predicted octanol–water partition coefficient (Wildman–Crippen LogP) is 1.01. The summed E-state index contributed by atoms with van der Waals surface area (Å²) in [6, 6.07) is 0.264. The molecule has 0 bridgehead atoms. The zero-order valence-corrected chi connectivity index (χ0v) is 10.8. The average Bonchev–Trinajstić information content (AvgIpc) is 2.78. The first-order valence-electron chi connectivity index (χ1n) is 6.20. The largest absolute Gasteiger partial charge is 0.380 e. The number of hydrogen-bond acceptors (Lipinski definition) is 3. The van der Waals surface area contributed by atoms with Gasteiger partial charge in [-0.2, -0.15) is 0 Å². The highest BCUT2D eigenvalue weighted by Gasteiger charge is 2.32. The number of amides is 1. The maximum Gasteiger partial charge on any atom is 0.240 e. The van der Waals surface area contributed by atoms with Crippen LogP contribution in [0.5, 0.6) is 0 Å². The molecule has 1 rings (SSSR count). The molecule has 3 atom stereocenters. The highest BCUT2D eigenvalue weighted by molar-refractivity contribution is 5.82. The van der Waals surface area contributed by atoms with Gasteiger partial charge in [0.2, 0.25) is 5.91 Å². The van der Waals surface area contributed by atoms with Crippen LogP contribution >= 0.6 is 0 Å². The highest BCUT2D eigenvalue weighted by Crippen LogP contribution is 2.14. The van der Waals surface area contributed by atoms with Crippen molar-refractivity contribution in [1.29, 1.82) is 0 Å². The summed E-state index contributed by atoms with van der Waals surface area (Å²) in [5.41, 5.74) is 0. The van der Waals surface area contributed by atoms with Gasteiger partial charge < -0.3 is 15.0 Å². The second-order valence-electron chi connectivity index (χ2n) is 4.44. The lowest BCUT2D eigenvalue weighted by Crippen LogP contribution is -2.47. The minimum absolute atomic E-state index is 0.0566. The Kier molecular flexibility index (Phi) is 5.22. The number of hydrogen-bond donors (Lipinski definition) is 1. The first-order valence-corrected chi connectivity index (χ1v) is 6.20. The van der Waals surface area contributed by atoms with Crippen molar-refractivity contribution >= 4 is 5.91 Å². The van der Waals surface area contributed by atoms with Crippen LogP contribution in [0.2, 0.25) is 0 Å². The van der Waals surface area contributed by atoms with E-state index < -0.39 is 0 Å². The second-order valence-corrected chi connectivity index (χ2v) is 4.44. The van der Waals surface area contributed by atoms with Gasteiger partial charge in [0.1, 0.15) is 0 Å². The van der Waals surface area contributed by atoms with Crippen molar-refractivity contribution in [2.75, 3.05) is 20.2 Å². The normalized spacial score (nSPS) is 26.8. The lowest BCUT2D eigenvalue weighted by atomic mass is 10.1. The Morgan fingerprint density at radius 1 is 1.56 bits per heavy atom. The van der Waals surface area contributed by atoms with Crippen LogP contribution in [-0.4, -0.2) is 49.2 Å². The predicted molar refractivity (Wildman–Crippen MR) is 64.3 cm³/mol. The monoisotopic (exact) mass is 228 g/mol. The van der Waals surface area contributed by atoms with E-state index in [-0.39, 0.29) is 18.1 Å². The van der Waals surface area contributed by atoms with Gasteiger partial charge in [-0.15, -0.1) is 0 Å². The van der Waals surface area contributed by atoms with Gasteiger partial charge >= 0.3 is 0 Å². The van der Waals surface area contributed by atoms with E-state index >= 15 is 0 Å². The number of ether oxygens (including phenoxy) is 1. The molecule has 1 amide bonds. The van der Waals surface area contributed by atoms with E-state index in [1.807, 2.05) is 11.8 Å². The Bertz CT molecular complexity index is 233. The third kappa shape index (κ3) is 2.95. The van der Waals surface area contributed by atoms with Gasteiger partial charge in [0.05, 0.1) is 12.1 Å². The van der Waals surface area contributed by atoms with Crippen molar-refractivity contribution in [3.05, 3.63) is 0 Å². The molecule has 4 nitrogen and oxygen atoms in total. The van der Waals surface area contributed by atoms with Gasteiger partial charge in [-0.25, -0.2) is 0 Å². The summed E-state index contributed by atoms with van der Waals surface area (Å²) < 4.78 is 5.26. The van der Waals surface area contributed by atoms with E-state index in [1.54, 1.807) is 7.11 Å². The lowest BCUT2D eigenvalue weighted by Gasteiger charge is -2.29. The van der Waals surface area contributed by atoms with Crippen LogP contribution in [0, 0.1) is 0 Å². The molecular formula is C12H24N2O2. The quantitative estimate of drug-likeness (QED) is 0.763. The highest BCUT2D eigenvalue weighted by atomic mass is 16.5. The molecule has 1 aliphatic rings. The number of carbonyl (C=O) groups excluding carboxylic acids is 1. The summed E-state index contributed by atoms with van der Waals surface area (Å²) >= 11 is 0. The van der Waals surface area contributed by atoms with E-state index in [0.29, 0.717) is 6.04 Å². The molecule has 0 aromatic rings. The fraction of sp³-hybridized carbons (Fsp3) is 0.917. The first kappa shape index (κ1) is 13.5. The number of rotatable bonds is 5. The van der Waals surface area contributed by atoms with Crippen molar-refractivity contribution < 1.29 is 9.53 Å². The standard InChI is InChI=1S/C12H24N2O2/c1-5-9(3)14(6-2)12(15)11-7-10(16-4)8-13-11/h9-11,13H,5-8H2,1-4H3. The second kappa shape index (κ2) is 6.21. The zero-order chi connectivity index (χ0) is 12.1. The molecule has 3 unspecified atom stereocenters. The van der Waals surface area contributed by atoms with E-state index in [2.05, 4.69) is 19.2 Å². The summed E-state index contributed by atoms with van der Waals surface area (Å²) in [6.45, 7) is 7.81.